The lowest BCUT2D eigenvalue weighted by Gasteiger charge is -1.96. The van der Waals surface area contributed by atoms with Gasteiger partial charge in [-0.15, -0.1) is 0 Å². The summed E-state index contributed by atoms with van der Waals surface area (Å²) >= 11 is 1.24. The Bertz CT molecular complexity index is 366. The molecule has 2 aromatic heterocycles. The van der Waals surface area contributed by atoms with Gasteiger partial charge in [0.05, 0.1) is 12.2 Å². The number of nitrogens with two attached hydrogens (primary N) is 1. The maximum Gasteiger partial charge on any atom is 0.233 e. The van der Waals surface area contributed by atoms with Gasteiger partial charge in [0.2, 0.25) is 11.1 Å². The van der Waals surface area contributed by atoms with Crippen LogP contribution < -0.4 is 11.1 Å². The molecule has 2 rings (SSSR count). The van der Waals surface area contributed by atoms with Crippen LogP contribution in [0, 0.1) is 0 Å². The largest absolute Gasteiger partial charge is 0.367 e. The van der Waals surface area contributed by atoms with Crippen LogP contribution in [0.5, 0.6) is 0 Å². The first-order valence-corrected chi connectivity index (χ1v) is 4.43. The number of nitrogens with zero attached hydrogens (tertiary/aromatic N) is 3. The number of aromatic amines is 1. The van der Waals surface area contributed by atoms with Crippen LogP contribution in [0.2, 0.25) is 0 Å². The van der Waals surface area contributed by atoms with E-state index in [9.17, 15) is 0 Å². The molecule has 0 aliphatic rings. The van der Waals surface area contributed by atoms with Gasteiger partial charge in [-0.05, 0) is 6.07 Å². The Morgan fingerprint density at radius 3 is 3.15 bits per heavy atom. The third-order valence-electron chi connectivity index (χ3n) is 1.43. The molecule has 0 bridgehead atoms. The molecule has 2 heterocycles. The number of anilines is 2. The molecule has 0 aliphatic carbocycles. The molecule has 0 saturated carbocycles. The minimum absolute atomic E-state index is 0.303. The first kappa shape index (κ1) is 7.99. The molecule has 0 amide bonds. The standard InChI is InChI=1S/C6H8N6S/c7-5-10-6(13-12-5)8-3-4-1-2-9-11-4/h1-2H,3H2,(H,9,11)(H3,7,8,10,12). The van der Waals surface area contributed by atoms with Crippen molar-refractivity contribution in [1.82, 2.24) is 19.6 Å². The van der Waals surface area contributed by atoms with Crippen LogP contribution in [0.4, 0.5) is 11.1 Å². The highest BCUT2D eigenvalue weighted by Crippen LogP contribution is 2.12. The maximum absolute atomic E-state index is 5.36. The molecule has 0 fully saturated rings. The summed E-state index contributed by atoms with van der Waals surface area (Å²) in [4.78, 5) is 3.95. The van der Waals surface area contributed by atoms with E-state index in [1.807, 2.05) is 6.07 Å². The Morgan fingerprint density at radius 1 is 1.62 bits per heavy atom. The number of rotatable bonds is 3. The lowest BCUT2D eigenvalue weighted by molar-refractivity contribution is 0.979. The third-order valence-corrected chi connectivity index (χ3v) is 2.12. The van der Waals surface area contributed by atoms with Crippen molar-refractivity contribution >= 4 is 22.6 Å². The van der Waals surface area contributed by atoms with Crippen molar-refractivity contribution in [1.29, 1.82) is 0 Å². The second-order valence-electron chi connectivity index (χ2n) is 2.39. The van der Waals surface area contributed by atoms with Gasteiger partial charge in [-0.2, -0.15) is 14.5 Å². The van der Waals surface area contributed by atoms with E-state index in [-0.39, 0.29) is 0 Å². The zero-order valence-electron chi connectivity index (χ0n) is 6.69. The highest BCUT2D eigenvalue weighted by Gasteiger charge is 1.99. The van der Waals surface area contributed by atoms with Crippen molar-refractivity contribution in [2.75, 3.05) is 11.1 Å². The number of H-pyrrole nitrogens is 1. The van der Waals surface area contributed by atoms with Crippen LogP contribution in [-0.4, -0.2) is 19.6 Å². The number of hydrogen-bond acceptors (Lipinski definition) is 6. The highest BCUT2D eigenvalue weighted by molar-refractivity contribution is 7.09. The van der Waals surface area contributed by atoms with Gasteiger partial charge in [0.1, 0.15) is 0 Å². The summed E-state index contributed by atoms with van der Waals surface area (Å²) in [7, 11) is 0. The maximum atomic E-state index is 5.36. The molecule has 13 heavy (non-hydrogen) atoms. The monoisotopic (exact) mass is 196 g/mol. The molecule has 4 N–H and O–H groups in total. The van der Waals surface area contributed by atoms with Crippen LogP contribution in [0.1, 0.15) is 5.69 Å². The van der Waals surface area contributed by atoms with Gasteiger partial charge in [0.25, 0.3) is 0 Å². The lowest BCUT2D eigenvalue weighted by atomic mass is 10.4. The molecule has 0 unspecified atom stereocenters. The minimum atomic E-state index is 0.303. The average Bonchev–Trinajstić information content (AvgIpc) is 2.71. The fraction of sp³-hybridized carbons (Fsp3) is 0.167. The normalized spacial score (nSPS) is 10.2. The van der Waals surface area contributed by atoms with Crippen molar-refractivity contribution in [3.05, 3.63) is 18.0 Å². The van der Waals surface area contributed by atoms with Gasteiger partial charge >= 0.3 is 0 Å². The van der Waals surface area contributed by atoms with Gasteiger partial charge in [-0.3, -0.25) is 5.10 Å². The summed E-state index contributed by atoms with van der Waals surface area (Å²) in [5.41, 5.74) is 6.35. The Kier molecular flexibility index (Phi) is 2.09. The second-order valence-corrected chi connectivity index (χ2v) is 3.15. The molecular formula is C6H8N6S. The van der Waals surface area contributed by atoms with Gasteiger partial charge in [-0.1, -0.05) is 0 Å². The van der Waals surface area contributed by atoms with Gasteiger partial charge in [0, 0.05) is 17.7 Å². The van der Waals surface area contributed by atoms with E-state index in [0.717, 1.165) is 5.69 Å². The van der Waals surface area contributed by atoms with Crippen molar-refractivity contribution in [2.24, 2.45) is 0 Å². The lowest BCUT2D eigenvalue weighted by Crippen LogP contribution is -1.99. The molecular weight excluding hydrogens is 188 g/mol. The van der Waals surface area contributed by atoms with Gasteiger partial charge in [-0.25, -0.2) is 0 Å². The van der Waals surface area contributed by atoms with Crippen molar-refractivity contribution < 1.29 is 0 Å². The van der Waals surface area contributed by atoms with E-state index in [1.165, 1.54) is 11.5 Å². The summed E-state index contributed by atoms with van der Waals surface area (Å²) in [6, 6.07) is 1.89. The van der Waals surface area contributed by atoms with Crippen molar-refractivity contribution in [2.45, 2.75) is 6.54 Å². The van der Waals surface area contributed by atoms with E-state index in [1.54, 1.807) is 6.20 Å². The van der Waals surface area contributed by atoms with E-state index in [2.05, 4.69) is 24.9 Å². The third kappa shape index (κ3) is 1.94. The Morgan fingerprint density at radius 2 is 2.54 bits per heavy atom. The second kappa shape index (κ2) is 3.40. The van der Waals surface area contributed by atoms with Gasteiger partial charge in [0.15, 0.2) is 0 Å². The predicted molar refractivity (Wildman–Crippen MR) is 50.2 cm³/mol. The van der Waals surface area contributed by atoms with E-state index < -0.39 is 0 Å². The number of aromatic nitrogens is 4. The predicted octanol–water partition coefficient (Wildman–Crippen LogP) is 0.455. The molecule has 0 spiro atoms. The van der Waals surface area contributed by atoms with Crippen LogP contribution >= 0.6 is 11.5 Å². The van der Waals surface area contributed by atoms with Crippen molar-refractivity contribution in [3.63, 3.8) is 0 Å². The SMILES string of the molecule is Nc1nsc(NCc2ccn[nH]2)n1. The molecule has 0 aliphatic heterocycles. The molecule has 0 aromatic carbocycles. The number of hydrogen-bond donors (Lipinski definition) is 3. The van der Waals surface area contributed by atoms with E-state index in [0.29, 0.717) is 17.6 Å². The summed E-state index contributed by atoms with van der Waals surface area (Å²) in [6.07, 6.45) is 1.70. The number of nitrogens with one attached hydrogen (secondary N) is 2. The molecule has 0 atom stereocenters. The quantitative estimate of drug-likeness (QED) is 0.663. The molecule has 2 aromatic rings. The summed E-state index contributed by atoms with van der Waals surface area (Å²) < 4.78 is 3.84. The average molecular weight is 196 g/mol. The van der Waals surface area contributed by atoms with Crippen LogP contribution in [0.15, 0.2) is 12.3 Å². The molecule has 6 nitrogen and oxygen atoms in total. The summed E-state index contributed by atoms with van der Waals surface area (Å²) in [6.45, 7) is 0.647. The minimum Gasteiger partial charge on any atom is -0.367 e. The summed E-state index contributed by atoms with van der Waals surface area (Å²) in [5, 5.41) is 10.4. The van der Waals surface area contributed by atoms with Gasteiger partial charge < -0.3 is 11.1 Å². The Balaban J connectivity index is 1.93. The smallest absolute Gasteiger partial charge is 0.233 e. The fourth-order valence-corrected chi connectivity index (χ4v) is 1.35. The molecule has 0 saturated heterocycles. The number of nitrogen functional groups attached to an aromatic ring is 1. The van der Waals surface area contributed by atoms with E-state index in [4.69, 9.17) is 5.73 Å². The molecule has 0 radical (unpaired) electrons. The topological polar surface area (TPSA) is 92.5 Å². The van der Waals surface area contributed by atoms with Crippen molar-refractivity contribution in [3.8, 4) is 0 Å². The van der Waals surface area contributed by atoms with Crippen LogP contribution in [-0.2, 0) is 6.54 Å². The first-order chi connectivity index (χ1) is 6.34. The molecule has 7 heteroatoms. The first-order valence-electron chi connectivity index (χ1n) is 3.66. The molecule has 68 valence electrons. The zero-order chi connectivity index (χ0) is 9.10. The zero-order valence-corrected chi connectivity index (χ0v) is 7.51. The fourth-order valence-electron chi connectivity index (χ4n) is 0.861. The van der Waals surface area contributed by atoms with E-state index >= 15 is 0 Å². The Hall–Kier alpha value is -1.63. The summed E-state index contributed by atoms with van der Waals surface area (Å²) in [5.74, 6) is 0.303. The Labute approximate surface area is 78.4 Å². The van der Waals surface area contributed by atoms with Crippen LogP contribution in [0.25, 0.3) is 0 Å². The van der Waals surface area contributed by atoms with Crippen LogP contribution in [0.3, 0.4) is 0 Å². The highest BCUT2D eigenvalue weighted by atomic mass is 32.1.